The number of benzene rings is 1. The summed E-state index contributed by atoms with van der Waals surface area (Å²) in [5.41, 5.74) is -0.154. The molecule has 1 aromatic carbocycles. The van der Waals surface area contributed by atoms with Crippen LogP contribution in [0.3, 0.4) is 0 Å². The van der Waals surface area contributed by atoms with Crippen molar-refractivity contribution < 1.29 is 94.0 Å². The van der Waals surface area contributed by atoms with Gasteiger partial charge in [0.15, 0.2) is 0 Å². The van der Waals surface area contributed by atoms with Crippen molar-refractivity contribution in [2.45, 2.75) is 11.3 Å². The summed E-state index contributed by atoms with van der Waals surface area (Å²) in [5.74, 6) is -1.42. The Morgan fingerprint density at radius 2 is 1.68 bits per heavy atom. The van der Waals surface area contributed by atoms with Crippen LogP contribution in [0, 0.1) is 0 Å². The van der Waals surface area contributed by atoms with Crippen LogP contribution in [0.15, 0.2) is 29.2 Å². The molecule has 0 radical (unpaired) electrons. The number of rotatable bonds is 3. The Labute approximate surface area is 171 Å². The molecule has 22 heavy (non-hydrogen) atoms. The Morgan fingerprint density at radius 3 is 2.18 bits per heavy atom. The van der Waals surface area contributed by atoms with Crippen molar-refractivity contribution in [3.63, 3.8) is 0 Å². The molecule has 0 atom stereocenters. The Morgan fingerprint density at radius 1 is 1.09 bits per heavy atom. The van der Waals surface area contributed by atoms with E-state index in [1.807, 2.05) is 0 Å². The fourth-order valence-electron chi connectivity index (χ4n) is 1.91. The van der Waals surface area contributed by atoms with E-state index >= 15 is 0 Å². The fraction of sp³-hybridized carbons (Fsp3) is 0.100. The zero-order valence-electron chi connectivity index (χ0n) is 11.6. The third kappa shape index (κ3) is 5.13. The van der Waals surface area contributed by atoms with Gasteiger partial charge in [0.25, 0.3) is 10.4 Å². The second kappa shape index (κ2) is 7.88. The molecule has 0 N–H and O–H groups in total. The van der Waals surface area contributed by atoms with Gasteiger partial charge in [-0.15, -0.1) is 0 Å². The fourth-order valence-corrected chi connectivity index (χ4v) is 2.92. The van der Waals surface area contributed by atoms with E-state index in [0.29, 0.717) is 0 Å². The van der Waals surface area contributed by atoms with E-state index in [1.54, 1.807) is 0 Å². The molecule has 0 spiro atoms. The van der Waals surface area contributed by atoms with E-state index in [2.05, 4.69) is 4.18 Å². The zero-order valence-corrected chi connectivity index (χ0v) is 17.2. The molecule has 0 aromatic heterocycles. The smallest absolute Gasteiger partial charge is 0.744 e. The van der Waals surface area contributed by atoms with Crippen molar-refractivity contribution in [1.82, 2.24) is 0 Å². The first-order valence-corrected chi connectivity index (χ1v) is 7.82. The number of fused-ring (bicyclic) bond motifs is 1. The average Bonchev–Trinajstić information content (AvgIpc) is 2.68. The van der Waals surface area contributed by atoms with Gasteiger partial charge in [0.05, 0.1) is 10.5 Å². The summed E-state index contributed by atoms with van der Waals surface area (Å²) >= 11 is 0. The predicted octanol–water partition coefficient (Wildman–Crippen LogP) is -6.46. The second-order valence-electron chi connectivity index (χ2n) is 3.84. The molecule has 0 saturated carbocycles. The molecule has 108 valence electrons. The van der Waals surface area contributed by atoms with Gasteiger partial charge >= 0.3 is 65.1 Å². The van der Waals surface area contributed by atoms with Crippen LogP contribution in [0.4, 0.5) is 0 Å². The van der Waals surface area contributed by atoms with Crippen molar-refractivity contribution in [2.75, 3.05) is 0 Å². The van der Waals surface area contributed by atoms with E-state index in [-0.39, 0.29) is 82.2 Å². The molecule has 0 heterocycles. The molecular weight excluding hydrogens is 358 g/mol. The van der Waals surface area contributed by atoms with Crippen LogP contribution < -0.4 is 59.1 Å². The maximum Gasteiger partial charge on any atom is 1.00 e. The average molecular weight is 364 g/mol. The predicted molar refractivity (Wildman–Crippen MR) is 61.9 cm³/mol. The zero-order chi connectivity index (χ0) is 15.1. The van der Waals surface area contributed by atoms with E-state index < -0.39 is 31.4 Å². The van der Waals surface area contributed by atoms with Gasteiger partial charge in [0.2, 0.25) is 0 Å². The molecule has 0 saturated heterocycles. The molecule has 2 rings (SSSR count). The van der Waals surface area contributed by atoms with Crippen LogP contribution in [-0.4, -0.2) is 31.9 Å². The van der Waals surface area contributed by atoms with Gasteiger partial charge in [-0.2, -0.15) is 0 Å². The summed E-state index contributed by atoms with van der Waals surface area (Å²) in [6, 6.07) is 3.62. The van der Waals surface area contributed by atoms with Crippen molar-refractivity contribution >= 4 is 32.1 Å². The topological polar surface area (TPSA) is 141 Å². The number of carbonyl (C=O) groups is 1. The van der Waals surface area contributed by atoms with Crippen LogP contribution in [0.25, 0.3) is 5.57 Å². The first-order chi connectivity index (χ1) is 9.09. The number of hydrogen-bond acceptors (Lipinski definition) is 8. The van der Waals surface area contributed by atoms with Crippen molar-refractivity contribution in [3.8, 4) is 0 Å². The van der Waals surface area contributed by atoms with Gasteiger partial charge < -0.3 is 13.3 Å². The minimum Gasteiger partial charge on any atom is -0.744 e. The van der Waals surface area contributed by atoms with E-state index in [0.717, 1.165) is 6.07 Å². The van der Waals surface area contributed by atoms with Crippen LogP contribution in [0.5, 0.6) is 0 Å². The van der Waals surface area contributed by atoms with Crippen molar-refractivity contribution in [3.05, 3.63) is 35.4 Å². The van der Waals surface area contributed by atoms with Gasteiger partial charge in [0.1, 0.15) is 10.1 Å². The van der Waals surface area contributed by atoms with Crippen LogP contribution in [-0.2, 0) is 35.9 Å². The summed E-state index contributed by atoms with van der Waals surface area (Å²) in [6.45, 7) is 0. The summed E-state index contributed by atoms with van der Waals surface area (Å²) in [5, 5.41) is 0. The first kappa shape index (κ1) is 22.2. The molecule has 0 aliphatic heterocycles. The molecule has 12 heteroatoms. The van der Waals surface area contributed by atoms with E-state index in [4.69, 9.17) is 0 Å². The Balaban J connectivity index is 0.00000220. The van der Waals surface area contributed by atoms with Gasteiger partial charge in [-0.05, 0) is 23.6 Å². The van der Waals surface area contributed by atoms with E-state index in [9.17, 15) is 30.7 Å². The van der Waals surface area contributed by atoms with Crippen molar-refractivity contribution in [1.29, 1.82) is 0 Å². The number of allylic oxidation sites excluding steroid dienone is 1. The third-order valence-electron chi connectivity index (χ3n) is 2.60. The van der Waals surface area contributed by atoms with Gasteiger partial charge in [-0.25, -0.2) is 21.6 Å². The van der Waals surface area contributed by atoms with Crippen molar-refractivity contribution in [2.24, 2.45) is 0 Å². The third-order valence-corrected chi connectivity index (χ3v) is 3.88. The molecule has 8 nitrogen and oxygen atoms in total. The van der Waals surface area contributed by atoms with Gasteiger partial charge in [0, 0.05) is 0 Å². The number of hydrogen-bond donors (Lipinski definition) is 0. The Kier molecular flexibility index (Phi) is 7.97. The van der Waals surface area contributed by atoms with Gasteiger partial charge in [-0.1, -0.05) is 18.2 Å². The van der Waals surface area contributed by atoms with Crippen LogP contribution in [0.2, 0.25) is 0 Å². The molecule has 0 bridgehead atoms. The molecule has 0 fully saturated rings. The molecule has 1 aliphatic rings. The quantitative estimate of drug-likeness (QED) is 0.293. The minimum atomic E-state index is -5.22. The Bertz CT molecular complexity index is 826. The maximum atomic E-state index is 11.5. The standard InChI is InChI=1S/C10H8O8S2.2Na/c11-10(18-20(15,16)17)8-5-4-7-6(8)2-1-3-9(7)19(12,13)14;;/h1-3,5H,4H2,(H,12,13,14)(H,15,16,17);;/q;2*+1/p-2. The van der Waals surface area contributed by atoms with E-state index in [1.165, 1.54) is 18.2 Å². The molecular formula is C10H6Na2O8S2. The normalized spacial score (nSPS) is 13.3. The number of carbonyl (C=O) groups excluding carboxylic acids is 1. The summed E-state index contributed by atoms with van der Waals surface area (Å²) in [7, 11) is -9.95. The summed E-state index contributed by atoms with van der Waals surface area (Å²) < 4.78 is 68.0. The van der Waals surface area contributed by atoms with Crippen LogP contribution in [0.1, 0.15) is 11.1 Å². The maximum absolute atomic E-state index is 11.5. The largest absolute Gasteiger partial charge is 1.00 e. The summed E-state index contributed by atoms with van der Waals surface area (Å²) in [4.78, 5) is 11.0. The SMILES string of the molecule is O=C(OS(=O)(=O)[O-])C1=CCc2c1cccc2S(=O)(=O)[O-].[Na+].[Na+]. The Hall–Kier alpha value is 0.250. The van der Waals surface area contributed by atoms with Gasteiger partial charge in [-0.3, -0.25) is 0 Å². The second-order valence-corrected chi connectivity index (χ2v) is 6.17. The molecule has 0 unspecified atom stereocenters. The minimum absolute atomic E-state index is 0. The molecule has 1 aromatic rings. The monoisotopic (exact) mass is 364 g/mol. The molecule has 1 aliphatic carbocycles. The summed E-state index contributed by atoms with van der Waals surface area (Å²) in [6.07, 6.45) is 1.13. The van der Waals surface area contributed by atoms with Crippen LogP contribution >= 0.6 is 0 Å². The molecule has 0 amide bonds. The first-order valence-electron chi connectivity index (χ1n) is 5.07.